The van der Waals surface area contributed by atoms with E-state index >= 15 is 0 Å². The minimum absolute atomic E-state index is 0.108. The molecule has 2 heteroatoms. The topological polar surface area (TPSA) is 15.6 Å². The molecule has 0 aromatic carbocycles. The number of hydrogen-bond acceptors (Lipinski definition) is 2. The second-order valence-electron chi connectivity index (χ2n) is 5.33. The molecule has 1 fully saturated rings. The van der Waals surface area contributed by atoms with Crippen LogP contribution in [0.2, 0.25) is 0 Å². The molecule has 0 radical (unpaired) electrons. The molecule has 0 aromatic heterocycles. The maximum Gasteiger partial charge on any atom is 0.0606 e. The van der Waals surface area contributed by atoms with E-state index in [2.05, 4.69) is 29.8 Å². The molecule has 0 unspecified atom stereocenters. The summed E-state index contributed by atoms with van der Waals surface area (Å²) in [5, 5.41) is 0. The zero-order valence-electron chi connectivity index (χ0n) is 10.00. The van der Waals surface area contributed by atoms with E-state index in [-0.39, 0.29) is 5.54 Å². The van der Waals surface area contributed by atoms with Crippen LogP contribution in [-0.2, 0) is 0 Å². The van der Waals surface area contributed by atoms with Gasteiger partial charge in [-0.2, -0.15) is 0 Å². The van der Waals surface area contributed by atoms with Crippen molar-refractivity contribution in [1.29, 1.82) is 0 Å². The Hall–Kier alpha value is -0.790. The van der Waals surface area contributed by atoms with Gasteiger partial charge in [-0.15, -0.1) is 0 Å². The van der Waals surface area contributed by atoms with Crippen LogP contribution in [0.15, 0.2) is 16.8 Å². The zero-order chi connectivity index (χ0) is 10.7. The van der Waals surface area contributed by atoms with Crippen molar-refractivity contribution in [3.8, 4) is 0 Å². The average molecular weight is 206 g/mol. The van der Waals surface area contributed by atoms with Gasteiger partial charge in [0.25, 0.3) is 0 Å². The van der Waals surface area contributed by atoms with Crippen LogP contribution in [0.5, 0.6) is 0 Å². The summed E-state index contributed by atoms with van der Waals surface area (Å²) in [6.45, 7) is 6.92. The largest absolute Gasteiger partial charge is 0.375 e. The van der Waals surface area contributed by atoms with Gasteiger partial charge >= 0.3 is 0 Å². The predicted molar refractivity (Wildman–Crippen MR) is 65.3 cm³/mol. The van der Waals surface area contributed by atoms with Gasteiger partial charge in [-0.05, 0) is 32.8 Å². The summed E-state index contributed by atoms with van der Waals surface area (Å²) in [6, 6.07) is 0. The van der Waals surface area contributed by atoms with E-state index in [0.717, 1.165) is 6.42 Å². The molecule has 0 bridgehead atoms. The summed E-state index contributed by atoms with van der Waals surface area (Å²) < 4.78 is 0. The summed E-state index contributed by atoms with van der Waals surface area (Å²) in [4.78, 5) is 7.07. The third-order valence-electron chi connectivity index (χ3n) is 3.32. The molecule has 0 spiro atoms. The van der Waals surface area contributed by atoms with Crippen molar-refractivity contribution in [1.82, 2.24) is 4.90 Å². The summed E-state index contributed by atoms with van der Waals surface area (Å²) in [5.74, 6) is 0. The van der Waals surface area contributed by atoms with E-state index in [4.69, 9.17) is 0 Å². The third-order valence-corrected chi connectivity index (χ3v) is 3.32. The van der Waals surface area contributed by atoms with Crippen LogP contribution in [0.1, 0.15) is 46.0 Å². The number of rotatable bonds is 1. The highest BCUT2D eigenvalue weighted by atomic mass is 15.1. The predicted octanol–water partition coefficient (Wildman–Crippen LogP) is 3.00. The monoisotopic (exact) mass is 206 g/mol. The van der Waals surface area contributed by atoms with E-state index < -0.39 is 0 Å². The highest BCUT2D eigenvalue weighted by Crippen LogP contribution is 2.26. The van der Waals surface area contributed by atoms with Gasteiger partial charge in [0.1, 0.15) is 0 Å². The van der Waals surface area contributed by atoms with Gasteiger partial charge < -0.3 is 4.90 Å². The Balaban J connectivity index is 2.03. The number of allylic oxidation sites excluding steroid dienone is 1. The van der Waals surface area contributed by atoms with E-state index in [9.17, 15) is 0 Å². The number of dihydropyridines is 1. The molecule has 0 aromatic rings. The Morgan fingerprint density at radius 1 is 1.13 bits per heavy atom. The second kappa shape index (κ2) is 4.38. The molecule has 2 heterocycles. The van der Waals surface area contributed by atoms with Crippen LogP contribution in [0, 0.1) is 0 Å². The quantitative estimate of drug-likeness (QED) is 0.644. The molecule has 0 saturated carbocycles. The van der Waals surface area contributed by atoms with Crippen molar-refractivity contribution in [2.24, 2.45) is 4.99 Å². The van der Waals surface area contributed by atoms with Crippen LogP contribution in [-0.4, -0.2) is 29.7 Å². The van der Waals surface area contributed by atoms with Crippen LogP contribution in [0.4, 0.5) is 0 Å². The van der Waals surface area contributed by atoms with Gasteiger partial charge in [0.15, 0.2) is 0 Å². The Morgan fingerprint density at radius 2 is 1.80 bits per heavy atom. The Labute approximate surface area is 93.1 Å². The number of aliphatic imine (C=N–C) groups is 1. The lowest BCUT2D eigenvalue weighted by molar-refractivity contribution is 0.321. The first-order valence-corrected chi connectivity index (χ1v) is 6.17. The SMILES string of the molecule is CC1(C)CC(N2CCCCCC2)=CC=N1. The molecule has 84 valence electrons. The lowest BCUT2D eigenvalue weighted by Gasteiger charge is -2.32. The first-order valence-electron chi connectivity index (χ1n) is 6.17. The number of nitrogens with zero attached hydrogens (tertiary/aromatic N) is 2. The Kier molecular flexibility index (Phi) is 3.13. The first-order chi connectivity index (χ1) is 7.17. The highest BCUT2D eigenvalue weighted by Gasteiger charge is 2.23. The lowest BCUT2D eigenvalue weighted by Crippen LogP contribution is -2.31. The number of hydrogen-bond donors (Lipinski definition) is 0. The van der Waals surface area contributed by atoms with Crippen LogP contribution in [0.25, 0.3) is 0 Å². The molecule has 2 nitrogen and oxygen atoms in total. The smallest absolute Gasteiger partial charge is 0.0606 e. The van der Waals surface area contributed by atoms with Gasteiger partial charge in [-0.25, -0.2) is 0 Å². The van der Waals surface area contributed by atoms with Crippen LogP contribution in [0.3, 0.4) is 0 Å². The summed E-state index contributed by atoms with van der Waals surface area (Å²) in [5.41, 5.74) is 1.60. The second-order valence-corrected chi connectivity index (χ2v) is 5.33. The van der Waals surface area contributed by atoms with Crippen molar-refractivity contribution in [3.63, 3.8) is 0 Å². The maximum atomic E-state index is 4.50. The molecule has 0 N–H and O–H groups in total. The standard InChI is InChI=1S/C13H22N2/c1-13(2)11-12(7-8-14-13)15-9-5-3-4-6-10-15/h7-8H,3-6,9-11H2,1-2H3. The van der Waals surface area contributed by atoms with Crippen LogP contribution >= 0.6 is 0 Å². The Bertz CT molecular complexity index is 268. The van der Waals surface area contributed by atoms with Gasteiger partial charge in [0.05, 0.1) is 5.54 Å². The molecule has 2 aliphatic rings. The number of likely N-dealkylation sites (tertiary alicyclic amines) is 1. The molecular formula is C13H22N2. The highest BCUT2D eigenvalue weighted by molar-refractivity contribution is 5.73. The zero-order valence-corrected chi connectivity index (χ0v) is 10.00. The third kappa shape index (κ3) is 2.83. The fraction of sp³-hybridized carbons (Fsp3) is 0.769. The molecule has 1 saturated heterocycles. The van der Waals surface area contributed by atoms with Crippen molar-refractivity contribution in [3.05, 3.63) is 11.8 Å². The maximum absolute atomic E-state index is 4.50. The summed E-state index contributed by atoms with van der Waals surface area (Å²) in [7, 11) is 0. The van der Waals surface area contributed by atoms with Crippen molar-refractivity contribution < 1.29 is 0 Å². The summed E-state index contributed by atoms with van der Waals surface area (Å²) >= 11 is 0. The van der Waals surface area contributed by atoms with E-state index in [1.165, 1.54) is 44.5 Å². The fourth-order valence-electron chi connectivity index (χ4n) is 2.45. The molecule has 15 heavy (non-hydrogen) atoms. The normalized spacial score (nSPS) is 26.0. The van der Waals surface area contributed by atoms with Crippen molar-refractivity contribution >= 4 is 6.21 Å². The molecule has 2 rings (SSSR count). The first kappa shape index (κ1) is 10.7. The van der Waals surface area contributed by atoms with Gasteiger partial charge in [-0.3, -0.25) is 4.99 Å². The van der Waals surface area contributed by atoms with Gasteiger partial charge in [0, 0.05) is 31.4 Å². The fourth-order valence-corrected chi connectivity index (χ4v) is 2.45. The minimum Gasteiger partial charge on any atom is -0.375 e. The van der Waals surface area contributed by atoms with Gasteiger partial charge in [-0.1, -0.05) is 12.8 Å². The average Bonchev–Trinajstić information content (AvgIpc) is 2.44. The van der Waals surface area contributed by atoms with Crippen LogP contribution < -0.4 is 0 Å². The molecule has 0 aliphatic carbocycles. The van der Waals surface area contributed by atoms with Crippen molar-refractivity contribution in [2.45, 2.75) is 51.5 Å². The molecule has 0 atom stereocenters. The lowest BCUT2D eigenvalue weighted by atomic mass is 9.96. The minimum atomic E-state index is 0.108. The summed E-state index contributed by atoms with van der Waals surface area (Å²) in [6.07, 6.45) is 10.8. The van der Waals surface area contributed by atoms with E-state index in [1.54, 1.807) is 0 Å². The van der Waals surface area contributed by atoms with Gasteiger partial charge in [0.2, 0.25) is 0 Å². The molecule has 0 amide bonds. The molecular weight excluding hydrogens is 184 g/mol. The van der Waals surface area contributed by atoms with Crippen molar-refractivity contribution in [2.75, 3.05) is 13.1 Å². The molecule has 2 aliphatic heterocycles. The van der Waals surface area contributed by atoms with E-state index in [0.29, 0.717) is 0 Å². The van der Waals surface area contributed by atoms with E-state index in [1.807, 2.05) is 6.21 Å². The Morgan fingerprint density at radius 3 is 2.40 bits per heavy atom.